The number of benzene rings is 1. The number of rotatable bonds is 4. The highest BCUT2D eigenvalue weighted by Gasteiger charge is 2.12. The van der Waals surface area contributed by atoms with Gasteiger partial charge in [-0.05, 0) is 24.6 Å². The van der Waals surface area contributed by atoms with Gasteiger partial charge >= 0.3 is 0 Å². The molecule has 0 aliphatic rings. The van der Waals surface area contributed by atoms with Crippen LogP contribution in [0, 0.1) is 12.7 Å². The van der Waals surface area contributed by atoms with Gasteiger partial charge in [-0.25, -0.2) is 4.39 Å². The van der Waals surface area contributed by atoms with Gasteiger partial charge in [-0.1, -0.05) is 12.1 Å². The van der Waals surface area contributed by atoms with E-state index in [0.29, 0.717) is 17.9 Å². The number of nitrogens with zero attached hydrogens (tertiary/aromatic N) is 1. The molecule has 1 unspecified atom stereocenters. The van der Waals surface area contributed by atoms with Gasteiger partial charge in [0.05, 0.1) is 0 Å². The highest BCUT2D eigenvalue weighted by Crippen LogP contribution is 2.22. The topological polar surface area (TPSA) is 48.1 Å². The number of aryl methyl sites for hydroxylation is 1. The third-order valence-electron chi connectivity index (χ3n) is 2.69. The van der Waals surface area contributed by atoms with Crippen LogP contribution in [0.2, 0.25) is 0 Å². The van der Waals surface area contributed by atoms with E-state index in [-0.39, 0.29) is 11.9 Å². The lowest BCUT2D eigenvalue weighted by Gasteiger charge is -2.17. The lowest BCUT2D eigenvalue weighted by Crippen LogP contribution is -2.18. The van der Waals surface area contributed by atoms with Gasteiger partial charge in [0.15, 0.2) is 0 Å². The molecule has 0 amide bonds. The molecule has 2 rings (SSSR count). The zero-order valence-corrected chi connectivity index (χ0v) is 10.1. The Kier molecular flexibility index (Phi) is 3.89. The van der Waals surface area contributed by atoms with Crippen LogP contribution in [0.25, 0.3) is 0 Å². The van der Waals surface area contributed by atoms with Crippen LogP contribution in [-0.2, 0) is 0 Å². The maximum Gasteiger partial charge on any atom is 0.137 e. The Morgan fingerprint density at radius 2 is 2.22 bits per heavy atom. The molecule has 0 bridgehead atoms. The summed E-state index contributed by atoms with van der Waals surface area (Å²) in [7, 11) is 0. The molecule has 2 aromatic rings. The lowest BCUT2D eigenvalue weighted by molar-refractivity contribution is 0.213. The number of hydrogen-bond donors (Lipinski definition) is 1. The van der Waals surface area contributed by atoms with Crippen LogP contribution in [0.3, 0.4) is 0 Å². The second-order valence-electron chi connectivity index (χ2n) is 4.04. The molecule has 1 aromatic heterocycles. The van der Waals surface area contributed by atoms with Crippen molar-refractivity contribution in [1.82, 2.24) is 4.98 Å². The van der Waals surface area contributed by atoms with Crippen LogP contribution in [0.4, 0.5) is 4.39 Å². The van der Waals surface area contributed by atoms with E-state index >= 15 is 0 Å². The predicted octanol–water partition coefficient (Wildman–Crippen LogP) is 2.61. The number of pyridine rings is 1. The molecule has 2 N–H and O–H groups in total. The van der Waals surface area contributed by atoms with Gasteiger partial charge in [-0.3, -0.25) is 4.98 Å². The highest BCUT2D eigenvalue weighted by molar-refractivity contribution is 5.29. The predicted molar refractivity (Wildman–Crippen MR) is 67.8 cm³/mol. The van der Waals surface area contributed by atoms with Crippen molar-refractivity contribution in [3.63, 3.8) is 0 Å². The van der Waals surface area contributed by atoms with Gasteiger partial charge in [0.25, 0.3) is 0 Å². The first kappa shape index (κ1) is 12.5. The molecule has 1 atom stereocenters. The first-order valence-electron chi connectivity index (χ1n) is 5.73. The van der Waals surface area contributed by atoms with Gasteiger partial charge in [0, 0.05) is 30.6 Å². The normalized spacial score (nSPS) is 12.2. The second kappa shape index (κ2) is 5.60. The van der Waals surface area contributed by atoms with E-state index in [2.05, 4.69) is 4.98 Å². The quantitative estimate of drug-likeness (QED) is 0.902. The van der Waals surface area contributed by atoms with Crippen LogP contribution in [-0.4, -0.2) is 11.5 Å². The molecular weight excluding hydrogens is 231 g/mol. The molecule has 0 aliphatic heterocycles. The molecule has 0 saturated heterocycles. The maximum absolute atomic E-state index is 13.4. The molecule has 0 spiro atoms. The number of nitrogens with two attached hydrogens (primary N) is 1. The largest absolute Gasteiger partial charge is 0.484 e. The minimum atomic E-state index is -0.319. The van der Waals surface area contributed by atoms with Crippen LogP contribution in [0.1, 0.15) is 17.2 Å². The Bertz CT molecular complexity index is 516. The van der Waals surface area contributed by atoms with E-state index in [4.69, 9.17) is 10.5 Å². The van der Waals surface area contributed by atoms with Crippen molar-refractivity contribution in [3.05, 3.63) is 59.7 Å². The summed E-state index contributed by atoms with van der Waals surface area (Å²) < 4.78 is 19.1. The highest BCUT2D eigenvalue weighted by atomic mass is 19.1. The summed E-state index contributed by atoms with van der Waals surface area (Å²) in [6.07, 6.45) is 3.06. The summed E-state index contributed by atoms with van der Waals surface area (Å²) in [5, 5.41) is 0. The van der Waals surface area contributed by atoms with E-state index in [9.17, 15) is 4.39 Å². The molecule has 0 radical (unpaired) electrons. The van der Waals surface area contributed by atoms with Crippen molar-refractivity contribution in [2.45, 2.75) is 13.0 Å². The van der Waals surface area contributed by atoms with Gasteiger partial charge in [0.2, 0.25) is 0 Å². The Hall–Kier alpha value is -1.94. The number of aromatic nitrogens is 1. The Morgan fingerprint density at radius 1 is 1.39 bits per heavy atom. The fraction of sp³-hybridized carbons (Fsp3) is 0.214. The molecule has 18 heavy (non-hydrogen) atoms. The van der Waals surface area contributed by atoms with Crippen LogP contribution < -0.4 is 10.5 Å². The third-order valence-corrected chi connectivity index (χ3v) is 2.69. The van der Waals surface area contributed by atoms with Crippen molar-refractivity contribution in [2.24, 2.45) is 5.73 Å². The minimum absolute atomic E-state index is 0.283. The molecule has 3 nitrogen and oxygen atoms in total. The minimum Gasteiger partial charge on any atom is -0.484 e. The fourth-order valence-corrected chi connectivity index (χ4v) is 1.63. The van der Waals surface area contributed by atoms with E-state index in [0.717, 1.165) is 5.56 Å². The number of hydrogen-bond acceptors (Lipinski definition) is 3. The van der Waals surface area contributed by atoms with Crippen molar-refractivity contribution in [2.75, 3.05) is 6.54 Å². The summed E-state index contributed by atoms with van der Waals surface area (Å²) in [4.78, 5) is 4.02. The first-order chi connectivity index (χ1) is 8.70. The van der Waals surface area contributed by atoms with Gasteiger partial charge in [-0.2, -0.15) is 0 Å². The first-order valence-corrected chi connectivity index (χ1v) is 5.73. The summed E-state index contributed by atoms with van der Waals surface area (Å²) in [5.74, 6) is 0.187. The molecule has 1 heterocycles. The molecule has 4 heteroatoms. The lowest BCUT2D eigenvalue weighted by atomic mass is 10.1. The van der Waals surface area contributed by atoms with E-state index in [1.165, 1.54) is 6.07 Å². The summed E-state index contributed by atoms with van der Waals surface area (Å²) in [5.41, 5.74) is 7.14. The molecule has 0 fully saturated rings. The molecular formula is C14H15FN2O. The summed E-state index contributed by atoms with van der Waals surface area (Å²) in [6, 6.07) is 8.49. The van der Waals surface area contributed by atoms with Gasteiger partial charge in [-0.15, -0.1) is 0 Å². The second-order valence-corrected chi connectivity index (χ2v) is 4.04. The average Bonchev–Trinajstić information content (AvgIpc) is 2.41. The Balaban J connectivity index is 2.18. The Morgan fingerprint density at radius 3 is 2.83 bits per heavy atom. The smallest absolute Gasteiger partial charge is 0.137 e. The van der Waals surface area contributed by atoms with E-state index in [1.807, 2.05) is 12.1 Å². The summed E-state index contributed by atoms with van der Waals surface area (Å²) in [6.45, 7) is 2.02. The van der Waals surface area contributed by atoms with E-state index < -0.39 is 0 Å². The van der Waals surface area contributed by atoms with Crippen molar-refractivity contribution >= 4 is 0 Å². The maximum atomic E-state index is 13.4. The molecule has 0 saturated carbocycles. The van der Waals surface area contributed by atoms with Crippen molar-refractivity contribution in [3.8, 4) is 5.75 Å². The van der Waals surface area contributed by atoms with Crippen LogP contribution in [0.15, 0.2) is 42.7 Å². The number of halogens is 1. The van der Waals surface area contributed by atoms with Crippen molar-refractivity contribution < 1.29 is 9.13 Å². The van der Waals surface area contributed by atoms with Gasteiger partial charge < -0.3 is 10.5 Å². The average molecular weight is 246 g/mol. The SMILES string of the molecule is Cc1ccc(OC(CN)c2cccnc2)cc1F. The van der Waals surface area contributed by atoms with Crippen molar-refractivity contribution in [1.29, 1.82) is 0 Å². The molecule has 94 valence electrons. The molecule has 0 aliphatic carbocycles. The standard InChI is InChI=1S/C14H15FN2O/c1-10-4-5-12(7-13(10)15)18-14(8-16)11-3-2-6-17-9-11/h2-7,9,14H,8,16H2,1H3. The van der Waals surface area contributed by atoms with Crippen LogP contribution in [0.5, 0.6) is 5.75 Å². The molecule has 1 aromatic carbocycles. The van der Waals surface area contributed by atoms with Gasteiger partial charge in [0.1, 0.15) is 17.7 Å². The number of ether oxygens (including phenoxy) is 1. The zero-order chi connectivity index (χ0) is 13.0. The van der Waals surface area contributed by atoms with E-state index in [1.54, 1.807) is 31.5 Å². The zero-order valence-electron chi connectivity index (χ0n) is 10.1. The Labute approximate surface area is 105 Å². The third kappa shape index (κ3) is 2.84. The summed E-state index contributed by atoms with van der Waals surface area (Å²) >= 11 is 0. The van der Waals surface area contributed by atoms with Crippen LogP contribution >= 0.6 is 0 Å². The monoisotopic (exact) mass is 246 g/mol. The fourth-order valence-electron chi connectivity index (χ4n) is 1.63.